The molecule has 4 rings (SSSR count). The maximum absolute atomic E-state index is 6.38. The molecule has 0 amide bonds. The fourth-order valence-electron chi connectivity index (χ4n) is 4.87. The molecular weight excluding hydrogens is 318 g/mol. The van der Waals surface area contributed by atoms with Crippen molar-refractivity contribution in [1.29, 1.82) is 0 Å². The van der Waals surface area contributed by atoms with Crippen LogP contribution in [0.25, 0.3) is 10.9 Å². The fraction of sp³-hybridized carbons (Fsp3) is 0.391. The third-order valence-corrected chi connectivity index (χ3v) is 6.38. The van der Waals surface area contributed by atoms with Crippen molar-refractivity contribution in [3.63, 3.8) is 0 Å². The molecule has 0 saturated heterocycles. The van der Waals surface area contributed by atoms with Crippen LogP contribution in [0.3, 0.4) is 0 Å². The number of rotatable bonds is 4. The highest BCUT2D eigenvalue weighted by Gasteiger charge is 2.41. The second-order valence-corrected chi connectivity index (χ2v) is 7.68. The molecule has 26 heavy (non-hydrogen) atoms. The summed E-state index contributed by atoms with van der Waals surface area (Å²) in [6.45, 7) is 8.38. The van der Waals surface area contributed by atoms with Crippen molar-refractivity contribution in [2.45, 2.75) is 45.1 Å². The Kier molecular flexibility index (Phi) is 4.37. The van der Waals surface area contributed by atoms with E-state index in [1.165, 1.54) is 38.9 Å². The highest BCUT2D eigenvalue weighted by atomic mass is 15.0. The van der Waals surface area contributed by atoms with E-state index >= 15 is 0 Å². The molecule has 1 unspecified atom stereocenters. The lowest BCUT2D eigenvalue weighted by molar-refractivity contribution is 0.279. The molecule has 0 fully saturated rings. The Morgan fingerprint density at radius 1 is 1.15 bits per heavy atom. The molecular formula is C23H29N3. The van der Waals surface area contributed by atoms with Crippen LogP contribution in [0.4, 0.5) is 0 Å². The van der Waals surface area contributed by atoms with Gasteiger partial charge in [0, 0.05) is 35.6 Å². The largest absolute Gasteiger partial charge is 0.357 e. The van der Waals surface area contributed by atoms with E-state index < -0.39 is 0 Å². The Morgan fingerprint density at radius 2 is 1.96 bits per heavy atom. The first kappa shape index (κ1) is 17.3. The number of hydrogen-bond acceptors (Lipinski definition) is 2. The summed E-state index contributed by atoms with van der Waals surface area (Å²) in [7, 11) is 0. The zero-order valence-electron chi connectivity index (χ0n) is 16.0. The van der Waals surface area contributed by atoms with Crippen molar-refractivity contribution in [3.05, 3.63) is 70.4 Å². The fourth-order valence-corrected chi connectivity index (χ4v) is 4.87. The molecule has 3 heteroatoms. The minimum absolute atomic E-state index is 0.196. The second-order valence-electron chi connectivity index (χ2n) is 7.68. The summed E-state index contributed by atoms with van der Waals surface area (Å²) < 4.78 is 0. The minimum Gasteiger partial charge on any atom is -0.357 e. The summed E-state index contributed by atoms with van der Waals surface area (Å²) >= 11 is 0. The van der Waals surface area contributed by atoms with Gasteiger partial charge in [-0.05, 0) is 55.0 Å². The zero-order valence-corrected chi connectivity index (χ0v) is 16.0. The van der Waals surface area contributed by atoms with Gasteiger partial charge in [-0.3, -0.25) is 0 Å². The van der Waals surface area contributed by atoms with Gasteiger partial charge >= 0.3 is 0 Å². The van der Waals surface area contributed by atoms with Crippen LogP contribution in [-0.2, 0) is 18.4 Å². The summed E-state index contributed by atoms with van der Waals surface area (Å²) in [6.07, 6.45) is 2.11. The van der Waals surface area contributed by atoms with Crippen molar-refractivity contribution in [2.75, 3.05) is 13.1 Å². The average Bonchev–Trinajstić information content (AvgIpc) is 3.04. The van der Waals surface area contributed by atoms with Crippen LogP contribution in [0, 0.1) is 6.92 Å². The Balaban J connectivity index is 1.89. The molecule has 0 aliphatic carbocycles. The summed E-state index contributed by atoms with van der Waals surface area (Å²) in [5.41, 5.74) is 14.3. The molecule has 2 aromatic carbocycles. The number of nitrogens with two attached hydrogens (primary N) is 1. The summed E-state index contributed by atoms with van der Waals surface area (Å²) in [5, 5.41) is 5.17. The van der Waals surface area contributed by atoms with Gasteiger partial charge in [-0.15, -0.1) is 0 Å². The smallest absolute Gasteiger partial charge is 0.0642 e. The van der Waals surface area contributed by atoms with Crippen LogP contribution in [0.1, 0.15) is 47.7 Å². The summed E-state index contributed by atoms with van der Waals surface area (Å²) in [5.74, 6) is 0.223. The van der Waals surface area contributed by atoms with Crippen molar-refractivity contribution in [3.8, 4) is 0 Å². The lowest BCUT2D eigenvalue weighted by atomic mass is 9.73. The number of aryl methyl sites for hydroxylation is 1. The lowest BCUT2D eigenvalue weighted by Crippen LogP contribution is -2.51. The Hall–Kier alpha value is -2.10. The first-order valence-corrected chi connectivity index (χ1v) is 9.73. The first-order valence-electron chi connectivity index (χ1n) is 9.73. The molecule has 0 radical (unpaired) electrons. The monoisotopic (exact) mass is 347 g/mol. The first-order chi connectivity index (χ1) is 12.6. The van der Waals surface area contributed by atoms with Gasteiger partial charge in [0.25, 0.3) is 0 Å². The highest BCUT2D eigenvalue weighted by molar-refractivity contribution is 5.85. The van der Waals surface area contributed by atoms with Gasteiger partial charge in [0.1, 0.15) is 0 Å². The topological polar surface area (TPSA) is 53.8 Å². The van der Waals surface area contributed by atoms with E-state index in [1.54, 1.807) is 0 Å². The molecule has 0 saturated carbocycles. The lowest BCUT2D eigenvalue weighted by Gasteiger charge is -2.42. The predicted octanol–water partition coefficient (Wildman–Crippen LogP) is 4.14. The number of para-hydroxylation sites is 1. The Bertz CT molecular complexity index is 940. The molecule has 2 atom stereocenters. The van der Waals surface area contributed by atoms with E-state index in [2.05, 4.69) is 73.5 Å². The van der Waals surface area contributed by atoms with Gasteiger partial charge in [-0.25, -0.2) is 0 Å². The van der Waals surface area contributed by atoms with Gasteiger partial charge in [0.15, 0.2) is 0 Å². The van der Waals surface area contributed by atoms with E-state index in [0.717, 1.165) is 19.4 Å². The second kappa shape index (κ2) is 6.57. The van der Waals surface area contributed by atoms with Crippen LogP contribution in [0.5, 0.6) is 0 Å². The van der Waals surface area contributed by atoms with Gasteiger partial charge < -0.3 is 16.0 Å². The van der Waals surface area contributed by atoms with E-state index in [1.807, 2.05) is 0 Å². The Labute approximate surface area is 156 Å². The summed E-state index contributed by atoms with van der Waals surface area (Å²) in [6, 6.07) is 15.3. The number of benzene rings is 2. The Morgan fingerprint density at radius 3 is 2.73 bits per heavy atom. The molecule has 1 aliphatic heterocycles. The van der Waals surface area contributed by atoms with E-state index in [4.69, 9.17) is 5.73 Å². The van der Waals surface area contributed by atoms with Gasteiger partial charge in [-0.1, -0.05) is 43.3 Å². The number of aromatic nitrogens is 1. The zero-order chi connectivity index (χ0) is 18.3. The van der Waals surface area contributed by atoms with E-state index in [0.29, 0.717) is 6.54 Å². The van der Waals surface area contributed by atoms with Gasteiger partial charge in [-0.2, -0.15) is 0 Å². The number of aromatic amines is 1. The molecule has 2 heterocycles. The van der Waals surface area contributed by atoms with Crippen molar-refractivity contribution < 1.29 is 0 Å². The van der Waals surface area contributed by atoms with Crippen LogP contribution < -0.4 is 11.1 Å². The van der Waals surface area contributed by atoms with Gasteiger partial charge in [0.2, 0.25) is 0 Å². The van der Waals surface area contributed by atoms with Crippen molar-refractivity contribution in [1.82, 2.24) is 10.3 Å². The number of hydrogen-bond donors (Lipinski definition) is 3. The quantitative estimate of drug-likeness (QED) is 0.664. The maximum atomic E-state index is 6.38. The maximum Gasteiger partial charge on any atom is 0.0642 e. The van der Waals surface area contributed by atoms with Crippen LogP contribution in [-0.4, -0.2) is 18.1 Å². The number of H-pyrrole nitrogens is 1. The molecule has 1 aliphatic rings. The molecule has 136 valence electrons. The third kappa shape index (κ3) is 2.50. The molecule has 1 aromatic heterocycles. The summed E-state index contributed by atoms with van der Waals surface area (Å²) in [4.78, 5) is 3.72. The third-order valence-electron chi connectivity index (χ3n) is 6.38. The van der Waals surface area contributed by atoms with E-state index in [-0.39, 0.29) is 11.5 Å². The predicted molar refractivity (Wildman–Crippen MR) is 110 cm³/mol. The van der Waals surface area contributed by atoms with Crippen molar-refractivity contribution in [2.24, 2.45) is 5.73 Å². The van der Waals surface area contributed by atoms with Gasteiger partial charge in [0.05, 0.1) is 5.54 Å². The van der Waals surface area contributed by atoms with Crippen LogP contribution in [0.2, 0.25) is 0 Å². The average molecular weight is 348 g/mol. The standard InChI is InChI=1S/C23H29N3/c1-4-16-8-7-10-17(15(16)2)20(14-24)23(3)22-19(12-13-25-23)18-9-5-6-11-21(18)26-22/h5-11,20,25-26H,4,12-14,24H2,1-3H3/t20?,23-/m0/s1. The minimum atomic E-state index is -0.196. The SMILES string of the molecule is CCc1cccc(C(CN)[C@]2(C)NCCc3c2[nH]c2ccccc32)c1C. The molecule has 0 bridgehead atoms. The number of nitrogens with one attached hydrogen (secondary N) is 2. The molecule has 0 spiro atoms. The number of fused-ring (bicyclic) bond motifs is 3. The van der Waals surface area contributed by atoms with Crippen LogP contribution >= 0.6 is 0 Å². The molecule has 4 N–H and O–H groups in total. The van der Waals surface area contributed by atoms with E-state index in [9.17, 15) is 0 Å². The molecule has 3 nitrogen and oxygen atoms in total. The molecule has 3 aromatic rings. The normalized spacial score (nSPS) is 20.9. The highest BCUT2D eigenvalue weighted by Crippen LogP contribution is 2.43. The van der Waals surface area contributed by atoms with Crippen molar-refractivity contribution >= 4 is 10.9 Å². The van der Waals surface area contributed by atoms with Crippen LogP contribution in [0.15, 0.2) is 42.5 Å².